The van der Waals surface area contributed by atoms with Gasteiger partial charge in [-0.15, -0.1) is 11.3 Å². The van der Waals surface area contributed by atoms with Crippen molar-refractivity contribution in [3.8, 4) is 5.75 Å². The van der Waals surface area contributed by atoms with Crippen LogP contribution in [0, 0.1) is 11.6 Å². The smallest absolute Gasteiger partial charge is 0.335 e. The molecule has 1 aliphatic rings. The molecule has 206 valence electrons. The summed E-state index contributed by atoms with van der Waals surface area (Å²) in [7, 11) is -3.46. The van der Waals surface area contributed by atoms with Gasteiger partial charge in [-0.3, -0.25) is 10.1 Å². The van der Waals surface area contributed by atoms with Crippen molar-refractivity contribution in [1.82, 2.24) is 4.98 Å². The van der Waals surface area contributed by atoms with Crippen LogP contribution in [0.4, 0.5) is 13.9 Å². The highest BCUT2D eigenvalue weighted by Crippen LogP contribution is 2.34. The lowest BCUT2D eigenvalue weighted by Crippen LogP contribution is -2.26. The zero-order valence-corrected chi connectivity index (χ0v) is 22.3. The number of thiazole rings is 1. The number of amides is 1. The summed E-state index contributed by atoms with van der Waals surface area (Å²) in [5.41, 5.74) is 1.27. The largest absolute Gasteiger partial charge is 0.478 e. The van der Waals surface area contributed by atoms with Gasteiger partial charge in [-0.1, -0.05) is 24.3 Å². The molecule has 1 amide bonds. The van der Waals surface area contributed by atoms with E-state index < -0.39 is 44.7 Å². The van der Waals surface area contributed by atoms with E-state index in [9.17, 15) is 26.8 Å². The van der Waals surface area contributed by atoms with E-state index in [-0.39, 0.29) is 26.9 Å². The number of anilines is 1. The van der Waals surface area contributed by atoms with Gasteiger partial charge in [0, 0.05) is 29.1 Å². The van der Waals surface area contributed by atoms with Gasteiger partial charge in [-0.2, -0.15) is 0 Å². The summed E-state index contributed by atoms with van der Waals surface area (Å²) in [5, 5.41) is 11.5. The number of carboxylic acid groups (broad SMARTS) is 1. The van der Waals surface area contributed by atoms with Crippen LogP contribution < -0.4 is 10.1 Å². The highest BCUT2D eigenvalue weighted by atomic mass is 32.2. The Hall–Kier alpha value is -4.16. The zero-order chi connectivity index (χ0) is 28.4. The number of rotatable bonds is 10. The van der Waals surface area contributed by atoms with Crippen molar-refractivity contribution >= 4 is 38.2 Å². The number of halogens is 2. The van der Waals surface area contributed by atoms with Crippen LogP contribution in [0.5, 0.6) is 5.75 Å². The van der Waals surface area contributed by atoms with Gasteiger partial charge >= 0.3 is 5.97 Å². The Bertz CT molecular complexity index is 1670. The molecule has 8 nitrogen and oxygen atoms in total. The quantitative estimate of drug-likeness (QED) is 0.256. The van der Waals surface area contributed by atoms with E-state index in [0.29, 0.717) is 25.3 Å². The van der Waals surface area contributed by atoms with Gasteiger partial charge in [-0.25, -0.2) is 27.0 Å². The van der Waals surface area contributed by atoms with Crippen LogP contribution in [0.3, 0.4) is 0 Å². The molecule has 0 saturated heterocycles. The van der Waals surface area contributed by atoms with Crippen LogP contribution in [-0.4, -0.2) is 35.6 Å². The number of hydrogen-bond acceptors (Lipinski definition) is 7. The Kier molecular flexibility index (Phi) is 7.63. The van der Waals surface area contributed by atoms with Crippen LogP contribution in [0.2, 0.25) is 0 Å². The van der Waals surface area contributed by atoms with E-state index in [1.54, 1.807) is 18.3 Å². The van der Waals surface area contributed by atoms with Crippen molar-refractivity contribution in [3.63, 3.8) is 0 Å². The second-order valence-electron chi connectivity index (χ2n) is 9.19. The van der Waals surface area contributed by atoms with Gasteiger partial charge in [0.05, 0.1) is 15.7 Å². The van der Waals surface area contributed by atoms with E-state index in [4.69, 9.17) is 9.84 Å². The Morgan fingerprint density at radius 3 is 2.38 bits per heavy atom. The van der Waals surface area contributed by atoms with Gasteiger partial charge in [0.15, 0.2) is 26.5 Å². The fraction of sp³-hybridized carbons (Fsp3) is 0.179. The first-order valence-corrected chi connectivity index (χ1v) is 14.5. The molecule has 1 unspecified atom stereocenters. The first-order chi connectivity index (χ1) is 19.1. The number of ether oxygens (including phenoxy) is 1. The minimum absolute atomic E-state index is 0.117. The zero-order valence-electron chi connectivity index (χ0n) is 20.7. The fourth-order valence-electron chi connectivity index (χ4n) is 3.96. The van der Waals surface area contributed by atoms with Crippen LogP contribution in [0.15, 0.2) is 77.8 Å². The van der Waals surface area contributed by atoms with Gasteiger partial charge in [0.2, 0.25) is 6.10 Å². The van der Waals surface area contributed by atoms with Gasteiger partial charge < -0.3 is 9.84 Å². The maximum atomic E-state index is 14.4. The van der Waals surface area contributed by atoms with Gasteiger partial charge in [-0.05, 0) is 54.8 Å². The normalized spacial score (nSPS) is 13.9. The third kappa shape index (κ3) is 6.18. The second kappa shape index (κ2) is 11.1. The summed E-state index contributed by atoms with van der Waals surface area (Å²) >= 11 is 1.19. The lowest BCUT2D eigenvalue weighted by Gasteiger charge is -2.19. The number of carbonyl (C=O) groups is 2. The predicted molar refractivity (Wildman–Crippen MR) is 143 cm³/mol. The number of aromatic nitrogens is 1. The number of sulfone groups is 1. The van der Waals surface area contributed by atoms with Crippen molar-refractivity contribution < 1.29 is 36.6 Å². The summed E-state index contributed by atoms with van der Waals surface area (Å²) in [6.07, 6.45) is 1.81. The molecule has 1 saturated carbocycles. The first kappa shape index (κ1) is 27.4. The topological polar surface area (TPSA) is 123 Å². The van der Waals surface area contributed by atoms with Crippen molar-refractivity contribution in [2.24, 2.45) is 0 Å². The van der Waals surface area contributed by atoms with Crippen molar-refractivity contribution in [3.05, 3.63) is 106 Å². The molecule has 0 spiro atoms. The third-order valence-corrected chi connectivity index (χ3v) is 9.41. The van der Waals surface area contributed by atoms with Gasteiger partial charge in [0.1, 0.15) is 5.82 Å². The molecule has 4 aromatic rings. The summed E-state index contributed by atoms with van der Waals surface area (Å²) in [5.74, 6) is -3.90. The first-order valence-electron chi connectivity index (χ1n) is 12.1. The number of nitrogens with zero attached hydrogens (tertiary/aromatic N) is 1. The minimum Gasteiger partial charge on any atom is -0.478 e. The molecule has 5 rings (SSSR count). The van der Waals surface area contributed by atoms with E-state index in [0.717, 1.165) is 22.6 Å². The van der Waals surface area contributed by atoms with Crippen molar-refractivity contribution in [2.45, 2.75) is 35.5 Å². The van der Waals surface area contributed by atoms with Crippen LogP contribution in [0.25, 0.3) is 0 Å². The summed E-state index contributed by atoms with van der Waals surface area (Å²) in [6, 6.07) is 14.7. The maximum Gasteiger partial charge on any atom is 0.335 e. The van der Waals surface area contributed by atoms with Crippen molar-refractivity contribution in [2.75, 3.05) is 5.32 Å². The third-order valence-electron chi connectivity index (χ3n) is 6.21. The van der Waals surface area contributed by atoms with Crippen LogP contribution >= 0.6 is 11.3 Å². The van der Waals surface area contributed by atoms with Crippen LogP contribution in [-0.2, 0) is 21.1 Å². The number of carbonyl (C=O) groups excluding carboxylic acids is 1. The molecule has 1 heterocycles. The predicted octanol–water partition coefficient (Wildman–Crippen LogP) is 5.41. The standard InChI is InChI=1S/C28H22F2N2O6S2/c29-19-7-12-24(23(30)14-19)38-25(17-5-8-21(9-6-17)40(36,37)22-10-11-22)26(33)32-28-31-15-20(39-28)13-16-1-3-18(4-2-16)27(34)35/h1-9,12,14-15,22,25H,10-11,13H2,(H,34,35)(H,31,32,33). The number of hydrogen-bond donors (Lipinski definition) is 2. The maximum absolute atomic E-state index is 14.4. The molecule has 3 aromatic carbocycles. The summed E-state index contributed by atoms with van der Waals surface area (Å²) < 4.78 is 58.6. The number of benzene rings is 3. The average molecular weight is 585 g/mol. The minimum atomic E-state index is -3.46. The molecule has 12 heteroatoms. The summed E-state index contributed by atoms with van der Waals surface area (Å²) in [4.78, 5) is 29.5. The molecular weight excluding hydrogens is 562 g/mol. The van der Waals surface area contributed by atoms with Crippen molar-refractivity contribution in [1.29, 1.82) is 0 Å². The van der Waals surface area contributed by atoms with E-state index >= 15 is 0 Å². The Balaban J connectivity index is 1.36. The lowest BCUT2D eigenvalue weighted by atomic mass is 10.1. The average Bonchev–Trinajstić information content (AvgIpc) is 3.70. The highest BCUT2D eigenvalue weighted by Gasteiger charge is 2.37. The number of carboxylic acids is 1. The highest BCUT2D eigenvalue weighted by molar-refractivity contribution is 7.92. The monoisotopic (exact) mass is 584 g/mol. The molecule has 40 heavy (non-hydrogen) atoms. The lowest BCUT2D eigenvalue weighted by molar-refractivity contribution is -0.123. The fourth-order valence-corrected chi connectivity index (χ4v) is 6.46. The molecule has 1 aliphatic carbocycles. The molecule has 1 aromatic heterocycles. The molecule has 0 bridgehead atoms. The molecule has 1 atom stereocenters. The molecule has 0 radical (unpaired) electrons. The van der Waals surface area contributed by atoms with Gasteiger partial charge in [0.25, 0.3) is 5.91 Å². The number of aromatic carboxylic acids is 1. The SMILES string of the molecule is O=C(O)c1ccc(Cc2cnc(NC(=O)C(Oc3ccc(F)cc3F)c3ccc(S(=O)(=O)C4CC4)cc3)s2)cc1. The Labute approximate surface area is 232 Å². The summed E-state index contributed by atoms with van der Waals surface area (Å²) in [6.45, 7) is 0. The molecule has 1 fully saturated rings. The molecule has 0 aliphatic heterocycles. The second-order valence-corrected chi connectivity index (χ2v) is 12.5. The Morgan fingerprint density at radius 1 is 1.05 bits per heavy atom. The molecular formula is C28H22F2N2O6S2. The molecule has 2 N–H and O–H groups in total. The van der Waals surface area contributed by atoms with E-state index in [2.05, 4.69) is 10.3 Å². The Morgan fingerprint density at radius 2 is 1.75 bits per heavy atom. The van der Waals surface area contributed by atoms with E-state index in [1.165, 1.54) is 47.7 Å². The van der Waals surface area contributed by atoms with Crippen LogP contribution in [0.1, 0.15) is 45.3 Å². The number of nitrogens with one attached hydrogen (secondary N) is 1. The van der Waals surface area contributed by atoms with E-state index in [1.807, 2.05) is 0 Å².